The lowest BCUT2D eigenvalue weighted by Gasteiger charge is -2.50. The van der Waals surface area contributed by atoms with Gasteiger partial charge in [0.2, 0.25) is 11.8 Å². The maximum absolute atomic E-state index is 15.5. The average Bonchev–Trinajstić information content (AvgIpc) is 3.64. The molecular weight excluding hydrogens is 731 g/mol. The summed E-state index contributed by atoms with van der Waals surface area (Å²) in [7, 11) is 0. The van der Waals surface area contributed by atoms with Gasteiger partial charge in [-0.3, -0.25) is 34.3 Å². The lowest BCUT2D eigenvalue weighted by Crippen LogP contribution is -2.53. The van der Waals surface area contributed by atoms with Gasteiger partial charge < -0.3 is 9.84 Å². The Bertz CT molecular complexity index is 2470. The molecule has 4 amide bonds. The number of aryl methyl sites for hydroxylation is 1. The molecule has 4 aliphatic rings. The van der Waals surface area contributed by atoms with Gasteiger partial charge in [-0.15, -0.1) is 0 Å². The van der Waals surface area contributed by atoms with E-state index in [9.17, 15) is 24.3 Å². The minimum absolute atomic E-state index is 0.00430. The van der Waals surface area contributed by atoms with Gasteiger partial charge >= 0.3 is 0 Å². The van der Waals surface area contributed by atoms with Crippen molar-refractivity contribution >= 4 is 40.8 Å². The first-order chi connectivity index (χ1) is 28.2. The number of carbonyl (C=O) groups is 5. The van der Waals surface area contributed by atoms with Crippen molar-refractivity contribution in [3.63, 3.8) is 0 Å². The van der Waals surface area contributed by atoms with Gasteiger partial charge in [-0.2, -0.15) is 5.01 Å². The fourth-order valence-corrected chi connectivity index (χ4v) is 9.87. The number of allylic oxidation sites excluding steroid dienone is 2. The van der Waals surface area contributed by atoms with E-state index in [4.69, 9.17) is 4.74 Å². The van der Waals surface area contributed by atoms with Gasteiger partial charge in [0.15, 0.2) is 5.78 Å². The number of imide groups is 2. The molecule has 9 rings (SSSR count). The van der Waals surface area contributed by atoms with Crippen LogP contribution in [-0.4, -0.2) is 52.7 Å². The van der Waals surface area contributed by atoms with E-state index < -0.39 is 46.8 Å². The van der Waals surface area contributed by atoms with Gasteiger partial charge in [0, 0.05) is 22.6 Å². The minimum Gasteiger partial charge on any atom is -0.491 e. The Morgan fingerprint density at radius 2 is 1.41 bits per heavy atom. The monoisotopic (exact) mass is 771 g/mol. The fraction of sp³-hybridized carbons (Fsp3) is 0.229. The summed E-state index contributed by atoms with van der Waals surface area (Å²) >= 11 is 0. The molecule has 290 valence electrons. The van der Waals surface area contributed by atoms with E-state index >= 15 is 4.79 Å². The molecule has 2 aliphatic carbocycles. The van der Waals surface area contributed by atoms with Crippen LogP contribution in [0.25, 0.3) is 0 Å². The van der Waals surface area contributed by atoms with Crippen LogP contribution < -0.4 is 15.1 Å². The summed E-state index contributed by atoms with van der Waals surface area (Å²) in [6.07, 6.45) is 2.40. The Morgan fingerprint density at radius 3 is 2.12 bits per heavy atom. The first-order valence-electron chi connectivity index (χ1n) is 19.6. The second-order valence-electron chi connectivity index (χ2n) is 15.5. The highest BCUT2D eigenvalue weighted by atomic mass is 16.5. The van der Waals surface area contributed by atoms with Gasteiger partial charge in [0.1, 0.15) is 12.4 Å². The molecule has 2 N–H and O–H groups in total. The second-order valence-corrected chi connectivity index (χ2v) is 15.5. The number of hydrogen-bond donors (Lipinski definition) is 2. The molecule has 0 bridgehead atoms. The van der Waals surface area contributed by atoms with E-state index in [0.29, 0.717) is 39.4 Å². The summed E-state index contributed by atoms with van der Waals surface area (Å²) in [4.78, 5) is 74.0. The number of aliphatic hydroxyl groups excluding tert-OH is 1. The van der Waals surface area contributed by atoms with E-state index in [1.54, 1.807) is 54.6 Å². The predicted octanol–water partition coefficient (Wildman–Crippen LogP) is 6.79. The number of nitrogens with zero attached hydrogens (tertiary/aromatic N) is 2. The summed E-state index contributed by atoms with van der Waals surface area (Å²) in [5.74, 6) is -5.09. The smallest absolute Gasteiger partial charge is 0.260 e. The van der Waals surface area contributed by atoms with Crippen molar-refractivity contribution in [3.05, 3.63) is 173 Å². The predicted molar refractivity (Wildman–Crippen MR) is 217 cm³/mol. The van der Waals surface area contributed by atoms with E-state index in [1.165, 1.54) is 4.90 Å². The van der Waals surface area contributed by atoms with Crippen LogP contribution in [0.1, 0.15) is 51.4 Å². The molecule has 10 heteroatoms. The second kappa shape index (κ2) is 14.7. The van der Waals surface area contributed by atoms with Crippen LogP contribution in [0.5, 0.6) is 5.75 Å². The van der Waals surface area contributed by atoms with Crippen LogP contribution >= 0.6 is 0 Å². The highest BCUT2D eigenvalue weighted by Gasteiger charge is 2.70. The van der Waals surface area contributed by atoms with Gasteiger partial charge in [-0.25, -0.2) is 0 Å². The number of amides is 4. The van der Waals surface area contributed by atoms with Crippen LogP contribution in [0.3, 0.4) is 0 Å². The Hall–Kier alpha value is -6.65. The third-order valence-electron chi connectivity index (χ3n) is 12.4. The van der Waals surface area contributed by atoms with E-state index in [0.717, 1.165) is 16.1 Å². The number of para-hydroxylation sites is 1. The molecule has 3 fully saturated rings. The van der Waals surface area contributed by atoms with Crippen LogP contribution in [0.15, 0.2) is 145 Å². The number of ether oxygens (including phenoxy) is 1. The molecular formula is C48H41N3O7. The SMILES string of the molecule is Cc1ccc(NN2C(=O)C3CC4C(=CCC5C(=O)N(c6ccc(C(=O)c7ccccc7)cc6)C(=O)C54)C(c4ccccc4OCCO)C3(c3ccccc3)C2=O)cc1. The third-order valence-corrected chi connectivity index (χ3v) is 12.4. The van der Waals surface area contributed by atoms with Gasteiger partial charge in [0.05, 0.1) is 41.2 Å². The van der Waals surface area contributed by atoms with Crippen molar-refractivity contribution < 1.29 is 33.8 Å². The molecule has 2 heterocycles. The number of benzene rings is 5. The molecule has 0 aromatic heterocycles. The van der Waals surface area contributed by atoms with Gasteiger partial charge in [-0.1, -0.05) is 108 Å². The number of ketones is 1. The fourth-order valence-electron chi connectivity index (χ4n) is 9.87. The number of hydrazine groups is 1. The zero-order valence-corrected chi connectivity index (χ0v) is 31.8. The number of carbonyl (C=O) groups excluding carboxylic acids is 5. The van der Waals surface area contributed by atoms with Crippen molar-refractivity contribution in [1.82, 2.24) is 5.01 Å². The van der Waals surface area contributed by atoms with E-state index in [-0.39, 0.29) is 43.7 Å². The van der Waals surface area contributed by atoms with Crippen LogP contribution in [0, 0.1) is 30.6 Å². The largest absolute Gasteiger partial charge is 0.491 e. The average molecular weight is 772 g/mol. The zero-order chi connectivity index (χ0) is 40.1. The zero-order valence-electron chi connectivity index (χ0n) is 31.8. The first kappa shape index (κ1) is 37.0. The molecule has 2 saturated heterocycles. The number of rotatable bonds is 10. The molecule has 10 nitrogen and oxygen atoms in total. The summed E-state index contributed by atoms with van der Waals surface area (Å²) in [6, 6.07) is 39.5. The molecule has 6 atom stereocenters. The molecule has 5 aromatic carbocycles. The first-order valence-corrected chi connectivity index (χ1v) is 19.6. The molecule has 58 heavy (non-hydrogen) atoms. The summed E-state index contributed by atoms with van der Waals surface area (Å²) in [5, 5.41) is 10.9. The lowest BCUT2D eigenvalue weighted by molar-refractivity contribution is -0.138. The molecule has 1 saturated carbocycles. The van der Waals surface area contributed by atoms with Crippen molar-refractivity contribution in [2.45, 2.75) is 31.1 Å². The number of aliphatic hydroxyl groups is 1. The Kier molecular flexibility index (Phi) is 9.36. The highest BCUT2D eigenvalue weighted by Crippen LogP contribution is 2.65. The quantitative estimate of drug-likeness (QED) is 0.0902. The Labute approximate surface area is 335 Å². The van der Waals surface area contributed by atoms with Gasteiger partial charge in [0.25, 0.3) is 11.8 Å². The molecule has 5 aromatic rings. The maximum Gasteiger partial charge on any atom is 0.260 e. The topological polar surface area (TPSA) is 133 Å². The van der Waals surface area contributed by atoms with Crippen molar-refractivity contribution in [2.24, 2.45) is 23.7 Å². The van der Waals surface area contributed by atoms with Crippen molar-refractivity contribution in [2.75, 3.05) is 23.5 Å². The molecule has 6 unspecified atom stereocenters. The summed E-state index contributed by atoms with van der Waals surface area (Å²) < 4.78 is 6.14. The van der Waals surface area contributed by atoms with Crippen molar-refractivity contribution in [1.29, 1.82) is 0 Å². The van der Waals surface area contributed by atoms with E-state index in [2.05, 4.69) is 5.43 Å². The van der Waals surface area contributed by atoms with Crippen molar-refractivity contribution in [3.8, 4) is 5.75 Å². The summed E-state index contributed by atoms with van der Waals surface area (Å²) in [6.45, 7) is 1.72. The highest BCUT2D eigenvalue weighted by molar-refractivity contribution is 6.23. The van der Waals surface area contributed by atoms with Crippen LogP contribution in [0.2, 0.25) is 0 Å². The standard InChI is InChI=1S/C48H41N3O7/c1-29-16-20-33(21-17-29)49-51-45(55)39-28-38-35(42(36-14-8-9-15-40(36)58-27-26-52)48(39,47(51)57)32-12-6-3-7-13-32)24-25-37-41(38)46(56)50(44(37)54)34-22-18-31(19-23-34)43(53)30-10-4-2-5-11-30/h2-24,37-39,41-42,49,52H,25-28H2,1H3. The van der Waals surface area contributed by atoms with Gasteiger partial charge in [-0.05, 0) is 73.7 Å². The van der Waals surface area contributed by atoms with Crippen LogP contribution in [-0.2, 0) is 24.6 Å². The number of fused-ring (bicyclic) bond motifs is 4. The number of nitrogens with one attached hydrogen (secondary N) is 1. The van der Waals surface area contributed by atoms with E-state index in [1.807, 2.05) is 91.9 Å². The van der Waals surface area contributed by atoms with Crippen LogP contribution in [0.4, 0.5) is 11.4 Å². The summed E-state index contributed by atoms with van der Waals surface area (Å²) in [5.41, 5.74) is 6.67. The molecule has 2 aliphatic heterocycles. The molecule has 0 spiro atoms. The normalized spacial score (nSPS) is 24.9. The molecule has 0 radical (unpaired) electrons. The lowest BCUT2D eigenvalue weighted by atomic mass is 9.49. The number of anilines is 2. The minimum atomic E-state index is -1.46. The number of hydrogen-bond acceptors (Lipinski definition) is 8. The Balaban J connectivity index is 1.16. The Morgan fingerprint density at radius 1 is 0.759 bits per heavy atom. The third kappa shape index (κ3) is 5.77. The maximum atomic E-state index is 15.5.